The number of nitrogens with zero attached hydrogens (tertiary/aromatic N) is 4. The Morgan fingerprint density at radius 3 is 2.57 bits per heavy atom. The number of anilines is 1. The van der Waals surface area contributed by atoms with Gasteiger partial charge in [-0.1, -0.05) is 19.0 Å². The molecule has 1 saturated carbocycles. The Hall–Kier alpha value is -1.85. The van der Waals surface area contributed by atoms with Crippen molar-refractivity contribution in [1.82, 2.24) is 19.9 Å². The van der Waals surface area contributed by atoms with E-state index in [2.05, 4.69) is 29.1 Å². The minimum Gasteiger partial charge on any atom is -0.383 e. The van der Waals surface area contributed by atoms with Gasteiger partial charge in [0.05, 0.1) is 11.8 Å². The Labute approximate surface area is 124 Å². The molecule has 0 aliphatic heterocycles. The number of nitrogen functional groups attached to an aromatic ring is 1. The Balaban J connectivity index is 1.73. The molecule has 6 nitrogen and oxygen atoms in total. The van der Waals surface area contributed by atoms with Gasteiger partial charge in [0.15, 0.2) is 0 Å². The summed E-state index contributed by atoms with van der Waals surface area (Å²) in [6.07, 6.45) is 6.43. The van der Waals surface area contributed by atoms with E-state index in [1.165, 1.54) is 12.8 Å². The third kappa shape index (κ3) is 2.66. The van der Waals surface area contributed by atoms with E-state index in [9.17, 15) is 0 Å². The lowest BCUT2D eigenvalue weighted by Crippen LogP contribution is -2.17. The van der Waals surface area contributed by atoms with Gasteiger partial charge in [-0.2, -0.15) is 10.1 Å². The second-order valence-electron chi connectivity index (χ2n) is 6.38. The number of rotatable bonds is 3. The molecular weight excluding hydrogens is 266 g/mol. The predicted octanol–water partition coefficient (Wildman–Crippen LogP) is 2.98. The minimum atomic E-state index is 0.388. The molecule has 6 heteroatoms. The summed E-state index contributed by atoms with van der Waals surface area (Å²) in [5.41, 5.74) is 6.69. The number of hydrogen-bond acceptors (Lipinski definition) is 5. The maximum atomic E-state index is 5.95. The molecule has 0 atom stereocenters. The fourth-order valence-electron chi connectivity index (χ4n) is 3.16. The average molecular weight is 289 g/mol. The van der Waals surface area contributed by atoms with Gasteiger partial charge < -0.3 is 10.3 Å². The average Bonchev–Trinajstić information content (AvgIpc) is 3.07. The normalized spacial score (nSPS) is 22.9. The van der Waals surface area contributed by atoms with Crippen molar-refractivity contribution in [2.24, 2.45) is 18.9 Å². The molecule has 2 aromatic heterocycles. The van der Waals surface area contributed by atoms with Crippen LogP contribution in [0.25, 0.3) is 11.4 Å². The third-order valence-corrected chi connectivity index (χ3v) is 4.73. The molecule has 1 aliphatic rings. The van der Waals surface area contributed by atoms with Crippen molar-refractivity contribution in [1.29, 1.82) is 0 Å². The van der Waals surface area contributed by atoms with Crippen molar-refractivity contribution in [3.05, 3.63) is 12.1 Å². The lowest BCUT2D eigenvalue weighted by Gasteiger charge is -2.28. The van der Waals surface area contributed by atoms with Crippen LogP contribution in [0.1, 0.15) is 51.3 Å². The Morgan fingerprint density at radius 1 is 1.29 bits per heavy atom. The van der Waals surface area contributed by atoms with E-state index in [1.54, 1.807) is 17.9 Å². The van der Waals surface area contributed by atoms with Crippen molar-refractivity contribution in [2.75, 3.05) is 5.73 Å². The molecule has 0 spiro atoms. The van der Waals surface area contributed by atoms with E-state index in [1.807, 2.05) is 0 Å². The van der Waals surface area contributed by atoms with Gasteiger partial charge in [-0.05, 0) is 37.5 Å². The smallest absolute Gasteiger partial charge is 0.230 e. The van der Waals surface area contributed by atoms with Crippen LogP contribution < -0.4 is 5.73 Å². The van der Waals surface area contributed by atoms with Crippen LogP contribution in [-0.2, 0) is 7.05 Å². The number of nitrogens with two attached hydrogens (primary N) is 1. The van der Waals surface area contributed by atoms with Gasteiger partial charge in [0.25, 0.3) is 0 Å². The summed E-state index contributed by atoms with van der Waals surface area (Å²) in [6.45, 7) is 4.61. The van der Waals surface area contributed by atoms with Crippen molar-refractivity contribution < 1.29 is 4.52 Å². The first-order valence-corrected chi connectivity index (χ1v) is 7.67. The zero-order chi connectivity index (χ0) is 15.0. The van der Waals surface area contributed by atoms with Crippen molar-refractivity contribution in [3.63, 3.8) is 0 Å². The second-order valence-corrected chi connectivity index (χ2v) is 6.38. The van der Waals surface area contributed by atoms with Crippen LogP contribution in [0.2, 0.25) is 0 Å². The first-order valence-electron chi connectivity index (χ1n) is 7.67. The summed E-state index contributed by atoms with van der Waals surface area (Å²) < 4.78 is 7.08. The van der Waals surface area contributed by atoms with Crippen molar-refractivity contribution >= 4 is 5.82 Å². The second kappa shape index (κ2) is 5.50. The Morgan fingerprint density at radius 2 is 2.00 bits per heavy atom. The summed E-state index contributed by atoms with van der Waals surface area (Å²) in [4.78, 5) is 4.54. The van der Waals surface area contributed by atoms with Crippen LogP contribution in [0.3, 0.4) is 0 Å². The summed E-state index contributed by atoms with van der Waals surface area (Å²) in [5.74, 6) is 3.83. The van der Waals surface area contributed by atoms with Crippen LogP contribution in [0.4, 0.5) is 5.82 Å². The van der Waals surface area contributed by atoms with Crippen LogP contribution in [0, 0.1) is 11.8 Å². The van der Waals surface area contributed by atoms with E-state index in [4.69, 9.17) is 10.3 Å². The number of hydrogen-bond donors (Lipinski definition) is 1. The molecule has 1 fully saturated rings. The highest BCUT2D eigenvalue weighted by Crippen LogP contribution is 2.38. The van der Waals surface area contributed by atoms with Gasteiger partial charge in [-0.25, -0.2) is 0 Å². The molecule has 21 heavy (non-hydrogen) atoms. The molecule has 0 aromatic carbocycles. The van der Waals surface area contributed by atoms with E-state index in [0.717, 1.165) is 36.1 Å². The largest absolute Gasteiger partial charge is 0.383 e. The lowest BCUT2D eigenvalue weighted by atomic mass is 9.77. The van der Waals surface area contributed by atoms with E-state index < -0.39 is 0 Å². The lowest BCUT2D eigenvalue weighted by molar-refractivity contribution is 0.231. The fraction of sp³-hybridized carbons (Fsp3) is 0.667. The van der Waals surface area contributed by atoms with Gasteiger partial charge in [-0.15, -0.1) is 0 Å². The summed E-state index contributed by atoms with van der Waals surface area (Å²) in [6, 6.07) is 0. The van der Waals surface area contributed by atoms with Crippen LogP contribution in [0.5, 0.6) is 0 Å². The third-order valence-electron chi connectivity index (χ3n) is 4.73. The maximum absolute atomic E-state index is 5.95. The fourth-order valence-corrected chi connectivity index (χ4v) is 3.16. The van der Waals surface area contributed by atoms with Gasteiger partial charge in [0, 0.05) is 13.0 Å². The molecule has 0 amide bonds. The van der Waals surface area contributed by atoms with Crippen LogP contribution in [0.15, 0.2) is 10.7 Å². The highest BCUT2D eigenvalue weighted by atomic mass is 16.5. The Kier molecular flexibility index (Phi) is 3.69. The molecule has 2 N–H and O–H groups in total. The van der Waals surface area contributed by atoms with E-state index >= 15 is 0 Å². The first kappa shape index (κ1) is 14.1. The zero-order valence-corrected chi connectivity index (χ0v) is 12.9. The molecular formula is C15H23N5O. The monoisotopic (exact) mass is 289 g/mol. The van der Waals surface area contributed by atoms with E-state index in [0.29, 0.717) is 17.6 Å². The molecule has 2 aromatic rings. The zero-order valence-electron chi connectivity index (χ0n) is 12.9. The van der Waals surface area contributed by atoms with E-state index in [-0.39, 0.29) is 0 Å². The molecule has 0 saturated heterocycles. The summed E-state index contributed by atoms with van der Waals surface area (Å²) in [7, 11) is 1.80. The van der Waals surface area contributed by atoms with Crippen LogP contribution in [-0.4, -0.2) is 19.9 Å². The number of aromatic nitrogens is 4. The van der Waals surface area contributed by atoms with Gasteiger partial charge in [0.2, 0.25) is 11.7 Å². The van der Waals surface area contributed by atoms with Gasteiger partial charge in [-0.3, -0.25) is 4.68 Å². The maximum Gasteiger partial charge on any atom is 0.230 e. The first-order chi connectivity index (χ1) is 10.1. The predicted molar refractivity (Wildman–Crippen MR) is 80.4 cm³/mol. The molecule has 0 radical (unpaired) electrons. The standard InChI is InChI=1S/C15H23N5O/c1-9(2)10-4-6-11(7-5-10)15-18-14(19-21-15)12-8-17-20(3)13(12)16/h8-11H,4-7,16H2,1-3H3. The summed E-state index contributed by atoms with van der Waals surface area (Å²) >= 11 is 0. The SMILES string of the molecule is CC(C)C1CCC(c2nc(-c3cnn(C)c3N)no2)CC1. The highest BCUT2D eigenvalue weighted by molar-refractivity contribution is 5.67. The quantitative estimate of drug-likeness (QED) is 0.939. The Bertz CT molecular complexity index is 607. The summed E-state index contributed by atoms with van der Waals surface area (Å²) in [5, 5.41) is 8.18. The number of aryl methyl sites for hydroxylation is 1. The van der Waals surface area contributed by atoms with Crippen molar-refractivity contribution in [3.8, 4) is 11.4 Å². The molecule has 1 aliphatic carbocycles. The van der Waals surface area contributed by atoms with Gasteiger partial charge in [0.1, 0.15) is 5.82 Å². The topological polar surface area (TPSA) is 82.8 Å². The molecule has 2 heterocycles. The molecule has 3 rings (SSSR count). The minimum absolute atomic E-state index is 0.388. The van der Waals surface area contributed by atoms with Gasteiger partial charge >= 0.3 is 0 Å². The van der Waals surface area contributed by atoms with Crippen molar-refractivity contribution in [2.45, 2.75) is 45.4 Å². The van der Waals surface area contributed by atoms with Crippen LogP contribution >= 0.6 is 0 Å². The molecule has 0 unspecified atom stereocenters. The highest BCUT2D eigenvalue weighted by Gasteiger charge is 2.28. The molecule has 114 valence electrons. The molecule has 0 bridgehead atoms.